The summed E-state index contributed by atoms with van der Waals surface area (Å²) in [6.45, 7) is 7.87. The fourth-order valence-electron chi connectivity index (χ4n) is 2.01. The van der Waals surface area contributed by atoms with Gasteiger partial charge in [0.1, 0.15) is 5.56 Å². The average molecular weight is 250 g/mol. The molecule has 0 aliphatic rings. The van der Waals surface area contributed by atoms with Gasteiger partial charge >= 0.3 is 0 Å². The number of carbonyl (C=O) groups is 1. The van der Waals surface area contributed by atoms with E-state index < -0.39 is 0 Å². The second-order valence-corrected chi connectivity index (χ2v) is 4.68. The minimum atomic E-state index is -0.314. The molecule has 1 aromatic rings. The minimum absolute atomic E-state index is 0.0910. The summed E-state index contributed by atoms with van der Waals surface area (Å²) in [7, 11) is 0. The maximum Gasteiger partial charge on any atom is 0.261 e. The normalized spacial score (nSPS) is 12.2. The fraction of sp³-hybridized carbons (Fsp3) is 0.571. The van der Waals surface area contributed by atoms with Crippen molar-refractivity contribution in [2.75, 3.05) is 0 Å². The summed E-state index contributed by atoms with van der Waals surface area (Å²) in [6, 6.07) is 1.79. The molecular formula is C14H22N2O2. The Bertz CT molecular complexity index is 477. The van der Waals surface area contributed by atoms with Gasteiger partial charge in [0, 0.05) is 11.7 Å². The van der Waals surface area contributed by atoms with E-state index in [1.165, 1.54) is 0 Å². The van der Waals surface area contributed by atoms with Gasteiger partial charge in [0.2, 0.25) is 0 Å². The van der Waals surface area contributed by atoms with Gasteiger partial charge in [-0.2, -0.15) is 0 Å². The Morgan fingerprint density at radius 1 is 1.44 bits per heavy atom. The molecule has 4 nitrogen and oxygen atoms in total. The van der Waals surface area contributed by atoms with Gasteiger partial charge in [0.15, 0.2) is 0 Å². The van der Waals surface area contributed by atoms with Crippen LogP contribution in [0.2, 0.25) is 0 Å². The van der Waals surface area contributed by atoms with Crippen LogP contribution in [0.4, 0.5) is 0 Å². The van der Waals surface area contributed by atoms with Crippen molar-refractivity contribution >= 4 is 5.91 Å². The van der Waals surface area contributed by atoms with Crippen LogP contribution in [0.3, 0.4) is 0 Å². The van der Waals surface area contributed by atoms with Gasteiger partial charge in [-0.1, -0.05) is 20.3 Å². The third-order valence-corrected chi connectivity index (χ3v) is 3.07. The molecule has 0 saturated heterocycles. The molecule has 0 unspecified atom stereocenters. The molecular weight excluding hydrogens is 228 g/mol. The summed E-state index contributed by atoms with van der Waals surface area (Å²) < 4.78 is 0. The third-order valence-electron chi connectivity index (χ3n) is 3.07. The highest BCUT2D eigenvalue weighted by molar-refractivity contribution is 5.94. The Kier molecular flexibility index (Phi) is 5.13. The Morgan fingerprint density at radius 2 is 2.11 bits per heavy atom. The van der Waals surface area contributed by atoms with Crippen molar-refractivity contribution in [2.45, 2.75) is 53.0 Å². The molecule has 1 atom stereocenters. The first-order valence-corrected chi connectivity index (χ1v) is 6.53. The predicted molar refractivity (Wildman–Crippen MR) is 73.0 cm³/mol. The number of hydrogen-bond donors (Lipinski definition) is 2. The molecule has 1 amide bonds. The Morgan fingerprint density at radius 3 is 2.67 bits per heavy atom. The van der Waals surface area contributed by atoms with E-state index in [4.69, 9.17) is 0 Å². The van der Waals surface area contributed by atoms with Crippen molar-refractivity contribution in [3.63, 3.8) is 0 Å². The van der Waals surface area contributed by atoms with Gasteiger partial charge in [-0.05, 0) is 38.3 Å². The molecule has 1 rings (SSSR count). The highest BCUT2D eigenvalue weighted by atomic mass is 16.2. The number of aromatic nitrogens is 1. The van der Waals surface area contributed by atoms with Crippen LogP contribution in [-0.4, -0.2) is 16.9 Å². The lowest BCUT2D eigenvalue weighted by Crippen LogP contribution is -2.36. The molecule has 0 spiro atoms. The smallest absolute Gasteiger partial charge is 0.261 e. The number of hydrogen-bond acceptors (Lipinski definition) is 2. The average Bonchev–Trinajstić information content (AvgIpc) is 2.29. The SMILES string of the molecule is CCC[C@H](C)NC(=O)c1cc(CC)c(C)[nH]c1=O. The topological polar surface area (TPSA) is 62.0 Å². The Balaban J connectivity index is 2.95. The number of rotatable bonds is 5. The fourth-order valence-corrected chi connectivity index (χ4v) is 2.01. The number of amides is 1. The van der Waals surface area contributed by atoms with Crippen molar-refractivity contribution in [1.82, 2.24) is 10.3 Å². The van der Waals surface area contributed by atoms with Crippen molar-refractivity contribution in [3.05, 3.63) is 33.2 Å². The molecule has 1 heterocycles. The van der Waals surface area contributed by atoms with E-state index in [2.05, 4.69) is 17.2 Å². The van der Waals surface area contributed by atoms with Gasteiger partial charge in [0.05, 0.1) is 0 Å². The lowest BCUT2D eigenvalue weighted by molar-refractivity contribution is 0.0936. The van der Waals surface area contributed by atoms with E-state index >= 15 is 0 Å². The number of nitrogens with one attached hydrogen (secondary N) is 2. The lowest BCUT2D eigenvalue weighted by Gasteiger charge is -2.13. The van der Waals surface area contributed by atoms with Gasteiger partial charge < -0.3 is 10.3 Å². The standard InChI is InChI=1S/C14H22N2O2/c1-5-7-9(3)15-13(17)12-8-11(6-2)10(4)16-14(12)18/h8-9H,5-7H2,1-4H3,(H,15,17)(H,16,18)/t9-/m0/s1. The maximum atomic E-state index is 12.0. The van der Waals surface area contributed by atoms with Crippen LogP contribution in [0.1, 0.15) is 55.2 Å². The van der Waals surface area contributed by atoms with Crippen molar-refractivity contribution in [1.29, 1.82) is 0 Å². The molecule has 0 saturated carbocycles. The molecule has 18 heavy (non-hydrogen) atoms. The van der Waals surface area contributed by atoms with Crippen molar-refractivity contribution in [2.24, 2.45) is 0 Å². The molecule has 1 aromatic heterocycles. The van der Waals surface area contributed by atoms with Crippen molar-refractivity contribution < 1.29 is 4.79 Å². The van der Waals surface area contributed by atoms with Crippen molar-refractivity contribution in [3.8, 4) is 0 Å². The molecule has 0 aliphatic carbocycles. The molecule has 0 bridgehead atoms. The molecule has 4 heteroatoms. The van der Waals surface area contributed by atoms with E-state index in [0.29, 0.717) is 0 Å². The monoisotopic (exact) mass is 250 g/mol. The minimum Gasteiger partial charge on any atom is -0.349 e. The largest absolute Gasteiger partial charge is 0.349 e. The lowest BCUT2D eigenvalue weighted by atomic mass is 10.1. The number of carbonyl (C=O) groups excluding carboxylic acids is 1. The van der Waals surface area contributed by atoms with E-state index in [1.54, 1.807) is 6.07 Å². The molecule has 0 radical (unpaired) electrons. The highest BCUT2D eigenvalue weighted by Gasteiger charge is 2.14. The predicted octanol–water partition coefficient (Wildman–Crippen LogP) is 2.16. The number of pyridine rings is 1. The second-order valence-electron chi connectivity index (χ2n) is 4.68. The van der Waals surface area contributed by atoms with Gasteiger partial charge in [0.25, 0.3) is 11.5 Å². The first-order chi connectivity index (χ1) is 8.49. The zero-order chi connectivity index (χ0) is 13.7. The summed E-state index contributed by atoms with van der Waals surface area (Å²) in [5.74, 6) is -0.285. The van der Waals surface area contributed by atoms with Gasteiger partial charge in [-0.25, -0.2) is 0 Å². The van der Waals surface area contributed by atoms with Crippen LogP contribution in [0.25, 0.3) is 0 Å². The summed E-state index contributed by atoms with van der Waals surface area (Å²) in [4.78, 5) is 26.5. The first kappa shape index (κ1) is 14.5. The van der Waals surface area contributed by atoms with E-state index in [0.717, 1.165) is 30.5 Å². The van der Waals surface area contributed by atoms with Gasteiger partial charge in [-0.15, -0.1) is 0 Å². The summed E-state index contributed by atoms with van der Waals surface area (Å²) in [5, 5.41) is 2.85. The zero-order valence-corrected chi connectivity index (χ0v) is 11.6. The van der Waals surface area contributed by atoms with Crippen LogP contribution in [-0.2, 0) is 6.42 Å². The summed E-state index contributed by atoms with van der Waals surface area (Å²) in [5.41, 5.74) is 1.73. The molecule has 0 fully saturated rings. The van der Waals surface area contributed by atoms with Crippen LogP contribution < -0.4 is 10.9 Å². The Hall–Kier alpha value is -1.58. The number of aromatic amines is 1. The number of aryl methyl sites for hydroxylation is 2. The second kappa shape index (κ2) is 6.38. The quantitative estimate of drug-likeness (QED) is 0.841. The third kappa shape index (κ3) is 3.45. The van der Waals surface area contributed by atoms with E-state index in [1.807, 2.05) is 20.8 Å². The zero-order valence-electron chi connectivity index (χ0n) is 11.6. The van der Waals surface area contributed by atoms with Crippen LogP contribution >= 0.6 is 0 Å². The van der Waals surface area contributed by atoms with Crippen LogP contribution in [0.15, 0.2) is 10.9 Å². The van der Waals surface area contributed by atoms with Gasteiger partial charge in [-0.3, -0.25) is 9.59 Å². The van der Waals surface area contributed by atoms with E-state index in [9.17, 15) is 9.59 Å². The number of H-pyrrole nitrogens is 1. The maximum absolute atomic E-state index is 12.0. The van der Waals surface area contributed by atoms with Crippen LogP contribution in [0.5, 0.6) is 0 Å². The summed E-state index contributed by atoms with van der Waals surface area (Å²) in [6.07, 6.45) is 2.72. The highest BCUT2D eigenvalue weighted by Crippen LogP contribution is 2.06. The van der Waals surface area contributed by atoms with E-state index in [-0.39, 0.29) is 23.1 Å². The molecule has 100 valence electrons. The molecule has 2 N–H and O–H groups in total. The summed E-state index contributed by atoms with van der Waals surface area (Å²) >= 11 is 0. The van der Waals surface area contributed by atoms with Crippen LogP contribution in [0, 0.1) is 6.92 Å². The first-order valence-electron chi connectivity index (χ1n) is 6.53. The molecule has 0 aromatic carbocycles. The Labute approximate surface area is 108 Å². The molecule has 0 aliphatic heterocycles.